The molecule has 19 heavy (non-hydrogen) atoms. The number of rotatable bonds is 2. The molecule has 3 rings (SSSR count). The van der Waals surface area contributed by atoms with Gasteiger partial charge >= 0.3 is 0 Å². The van der Waals surface area contributed by atoms with Gasteiger partial charge in [0, 0.05) is 34.9 Å². The van der Waals surface area contributed by atoms with Crippen LogP contribution in [-0.2, 0) is 0 Å². The fourth-order valence-electron chi connectivity index (χ4n) is 2.06. The van der Waals surface area contributed by atoms with Gasteiger partial charge in [0.05, 0.1) is 11.0 Å². The van der Waals surface area contributed by atoms with E-state index in [1.165, 1.54) is 0 Å². The van der Waals surface area contributed by atoms with E-state index in [1.54, 1.807) is 0 Å². The van der Waals surface area contributed by atoms with Crippen molar-refractivity contribution in [3.63, 3.8) is 0 Å². The van der Waals surface area contributed by atoms with Crippen molar-refractivity contribution in [2.45, 2.75) is 4.90 Å². The molecule has 1 aliphatic heterocycles. The monoisotopic (exact) mass is 291 g/mol. The third-order valence-electron chi connectivity index (χ3n) is 3.12. The van der Waals surface area contributed by atoms with E-state index < -0.39 is 9.70 Å². The number of fused-ring (bicyclic) bond motifs is 2. The standard InChI is InChI=1S/C14H14ClN3S/c1-16-9-3-5-11-13(7-9)19(15)14-8-10(17-2)4-6-12(14)18-11/h3-8,16-17H,1-2H3. The summed E-state index contributed by atoms with van der Waals surface area (Å²) < 4.78 is 1.08. The molecule has 3 nitrogen and oxygen atoms in total. The predicted octanol–water partition coefficient (Wildman–Crippen LogP) is 3.77. The molecule has 1 aliphatic rings. The maximum absolute atomic E-state index is 6.65. The van der Waals surface area contributed by atoms with E-state index in [0.29, 0.717) is 0 Å². The normalized spacial score (nSPS) is 16.1. The highest BCUT2D eigenvalue weighted by molar-refractivity contribution is 8.29. The molecule has 0 amide bonds. The fourth-order valence-corrected chi connectivity index (χ4v) is 4.09. The lowest BCUT2D eigenvalue weighted by Gasteiger charge is -2.13. The molecule has 2 N–H and O–H groups in total. The lowest BCUT2D eigenvalue weighted by molar-refractivity contribution is 1.25. The molecule has 0 aromatic heterocycles. The van der Waals surface area contributed by atoms with Gasteiger partial charge in [0.15, 0.2) is 0 Å². The first-order valence-electron chi connectivity index (χ1n) is 5.99. The van der Waals surface area contributed by atoms with Gasteiger partial charge in [-0.1, -0.05) is 9.70 Å². The van der Waals surface area contributed by atoms with Gasteiger partial charge in [0.2, 0.25) is 0 Å². The first-order valence-corrected chi connectivity index (χ1v) is 8.04. The van der Waals surface area contributed by atoms with Gasteiger partial charge in [-0.3, -0.25) is 0 Å². The predicted molar refractivity (Wildman–Crippen MR) is 83.3 cm³/mol. The summed E-state index contributed by atoms with van der Waals surface area (Å²) in [5.74, 6) is 0. The first kappa shape index (κ1) is 12.5. The summed E-state index contributed by atoms with van der Waals surface area (Å²) in [4.78, 5) is 5.76. The second kappa shape index (κ2) is 4.87. The van der Waals surface area contributed by atoms with Crippen molar-refractivity contribution in [1.82, 2.24) is 0 Å². The molecule has 0 bridgehead atoms. The maximum atomic E-state index is 6.65. The molecule has 1 unspecified atom stereocenters. The zero-order valence-electron chi connectivity index (χ0n) is 10.7. The van der Waals surface area contributed by atoms with Crippen molar-refractivity contribution >= 4 is 37.4 Å². The summed E-state index contributed by atoms with van der Waals surface area (Å²) in [5, 5.41) is 7.23. The number of nitrogens with zero attached hydrogens (tertiary/aromatic N) is 1. The molecule has 5 heteroatoms. The number of anilines is 2. The SMILES string of the molecule is CNc1ccc2c(c1)S(Cl)=c1cc(NC)ccc1=N2. The van der Waals surface area contributed by atoms with Crippen LogP contribution in [-0.4, -0.2) is 14.1 Å². The Balaban J connectivity index is 2.31. The minimum atomic E-state index is -0.465. The average molecular weight is 292 g/mol. The zero-order valence-corrected chi connectivity index (χ0v) is 12.3. The third kappa shape index (κ3) is 2.11. The molecule has 1 heterocycles. The quantitative estimate of drug-likeness (QED) is 0.827. The highest BCUT2D eigenvalue weighted by atomic mass is 35.7. The molecule has 0 saturated carbocycles. The van der Waals surface area contributed by atoms with Gasteiger partial charge in [0.1, 0.15) is 0 Å². The Kier molecular flexibility index (Phi) is 3.21. The molecular formula is C14H14ClN3S. The minimum Gasteiger partial charge on any atom is -0.388 e. The smallest absolute Gasteiger partial charge is 0.0781 e. The summed E-state index contributed by atoms with van der Waals surface area (Å²) in [6, 6.07) is 12.2. The Hall–Kier alpha value is -1.52. The lowest BCUT2D eigenvalue weighted by atomic mass is 10.2. The molecule has 0 aliphatic carbocycles. The maximum Gasteiger partial charge on any atom is 0.0781 e. The average Bonchev–Trinajstić information content (AvgIpc) is 2.47. The van der Waals surface area contributed by atoms with Crippen LogP contribution in [0.3, 0.4) is 0 Å². The van der Waals surface area contributed by atoms with Crippen LogP contribution in [0.25, 0.3) is 0 Å². The fraction of sp³-hybridized carbons (Fsp3) is 0.143. The Morgan fingerprint density at radius 1 is 1.00 bits per heavy atom. The third-order valence-corrected chi connectivity index (χ3v) is 5.55. The number of nitrogens with one attached hydrogen (secondary N) is 2. The van der Waals surface area contributed by atoms with Crippen LogP contribution in [0.2, 0.25) is 0 Å². The van der Waals surface area contributed by atoms with Crippen molar-refractivity contribution < 1.29 is 0 Å². The zero-order chi connectivity index (χ0) is 13.4. The summed E-state index contributed by atoms with van der Waals surface area (Å²) in [6.07, 6.45) is 0. The van der Waals surface area contributed by atoms with E-state index in [-0.39, 0.29) is 0 Å². The molecule has 2 aromatic carbocycles. The minimum absolute atomic E-state index is 0.465. The Morgan fingerprint density at radius 3 is 2.42 bits per heavy atom. The topological polar surface area (TPSA) is 36.4 Å². The van der Waals surface area contributed by atoms with Gasteiger partial charge in [-0.25, -0.2) is 4.99 Å². The second-order valence-electron chi connectivity index (χ2n) is 4.23. The molecule has 0 spiro atoms. The Bertz CT molecular complexity index is 771. The van der Waals surface area contributed by atoms with E-state index in [2.05, 4.69) is 27.8 Å². The van der Waals surface area contributed by atoms with E-state index >= 15 is 0 Å². The summed E-state index contributed by atoms with van der Waals surface area (Å²) in [7, 11) is 9.99. The van der Waals surface area contributed by atoms with Gasteiger partial charge in [0.25, 0.3) is 0 Å². The van der Waals surface area contributed by atoms with Gasteiger partial charge < -0.3 is 10.6 Å². The van der Waals surface area contributed by atoms with Crippen LogP contribution in [0, 0.1) is 4.51 Å². The highest BCUT2D eigenvalue weighted by Crippen LogP contribution is 2.43. The molecule has 98 valence electrons. The Labute approximate surface area is 118 Å². The van der Waals surface area contributed by atoms with Crippen molar-refractivity contribution in [3.05, 3.63) is 46.3 Å². The summed E-state index contributed by atoms with van der Waals surface area (Å²) in [5.41, 5.74) is 3.07. The molecule has 1 atom stereocenters. The molecule has 0 saturated heterocycles. The molecule has 2 aromatic rings. The van der Waals surface area contributed by atoms with Gasteiger partial charge in [-0.15, -0.1) is 0 Å². The van der Waals surface area contributed by atoms with Gasteiger partial charge in [-0.05, 0) is 47.1 Å². The lowest BCUT2D eigenvalue weighted by Crippen LogP contribution is -2.06. The van der Waals surface area contributed by atoms with Crippen LogP contribution in [0.4, 0.5) is 17.1 Å². The van der Waals surface area contributed by atoms with Crippen molar-refractivity contribution in [1.29, 1.82) is 0 Å². The summed E-state index contributed by atoms with van der Waals surface area (Å²) in [6.45, 7) is 0. The first-order chi connectivity index (χ1) is 9.22. The van der Waals surface area contributed by atoms with E-state index in [4.69, 9.17) is 10.7 Å². The van der Waals surface area contributed by atoms with Crippen LogP contribution < -0.4 is 16.0 Å². The second-order valence-corrected chi connectivity index (χ2v) is 6.55. The summed E-state index contributed by atoms with van der Waals surface area (Å²) >= 11 is 0. The van der Waals surface area contributed by atoms with Crippen molar-refractivity contribution in [2.24, 2.45) is 4.99 Å². The van der Waals surface area contributed by atoms with E-state index in [0.717, 1.165) is 31.8 Å². The van der Waals surface area contributed by atoms with E-state index in [1.807, 2.05) is 38.4 Å². The largest absolute Gasteiger partial charge is 0.388 e. The van der Waals surface area contributed by atoms with Crippen LogP contribution in [0.1, 0.15) is 0 Å². The van der Waals surface area contributed by atoms with Gasteiger partial charge in [-0.2, -0.15) is 0 Å². The van der Waals surface area contributed by atoms with Crippen LogP contribution in [0.15, 0.2) is 46.3 Å². The molecular weight excluding hydrogens is 278 g/mol. The Morgan fingerprint density at radius 2 is 1.68 bits per heavy atom. The van der Waals surface area contributed by atoms with Crippen LogP contribution >= 0.6 is 20.4 Å². The van der Waals surface area contributed by atoms with Crippen molar-refractivity contribution in [2.75, 3.05) is 24.7 Å². The molecule has 0 radical (unpaired) electrons. The molecule has 0 fully saturated rings. The number of benzene rings is 2. The number of hydrogen-bond acceptors (Lipinski definition) is 3. The van der Waals surface area contributed by atoms with E-state index in [9.17, 15) is 0 Å². The van der Waals surface area contributed by atoms with Crippen LogP contribution in [0.5, 0.6) is 0 Å². The number of halogens is 1. The number of hydrogen-bond donors (Lipinski definition) is 2. The highest BCUT2D eigenvalue weighted by Gasteiger charge is 2.12. The van der Waals surface area contributed by atoms with Crippen molar-refractivity contribution in [3.8, 4) is 0 Å².